The number of hydrogen-bond donors (Lipinski definition) is 0. The van der Waals surface area contributed by atoms with Crippen LogP contribution in [0.5, 0.6) is 0 Å². The second kappa shape index (κ2) is 4.86. The van der Waals surface area contributed by atoms with Gasteiger partial charge in [0, 0.05) is 13.1 Å². The summed E-state index contributed by atoms with van der Waals surface area (Å²) >= 11 is 3.31. The lowest BCUT2D eigenvalue weighted by atomic mass is 10.1. The zero-order chi connectivity index (χ0) is 11.5. The fourth-order valence-electron chi connectivity index (χ4n) is 1.68. The maximum atomic E-state index is 11.7. The molecule has 2 heterocycles. The van der Waals surface area contributed by atoms with Gasteiger partial charge in [-0.3, -0.25) is 4.84 Å². The van der Waals surface area contributed by atoms with E-state index in [2.05, 4.69) is 21.0 Å². The second-order valence-electron chi connectivity index (χ2n) is 3.87. The van der Waals surface area contributed by atoms with Gasteiger partial charge >= 0.3 is 6.09 Å². The summed E-state index contributed by atoms with van der Waals surface area (Å²) < 4.78 is 0.832. The topological polar surface area (TPSA) is 47.4 Å². The molecule has 1 saturated heterocycles. The first-order valence-corrected chi connectivity index (χ1v) is 6.15. The van der Waals surface area contributed by atoms with E-state index in [0.29, 0.717) is 0 Å². The molecule has 1 aliphatic heterocycles. The number of rotatable bonds is 1. The molecule has 0 radical (unpaired) electrons. The van der Waals surface area contributed by atoms with Crippen molar-refractivity contribution in [3.63, 3.8) is 0 Å². The van der Waals surface area contributed by atoms with Crippen LogP contribution in [-0.2, 0) is 0 Å². The van der Waals surface area contributed by atoms with Gasteiger partial charge in [-0.1, -0.05) is 4.85 Å². The molecule has 1 fully saturated rings. The molecule has 88 valence electrons. The van der Waals surface area contributed by atoms with Crippen LogP contribution in [0.15, 0.2) is 10.7 Å². The summed E-state index contributed by atoms with van der Waals surface area (Å²) in [4.78, 5) is 19.8. The molecule has 16 heavy (non-hydrogen) atoms. The third kappa shape index (κ3) is 2.55. The highest BCUT2D eigenvalue weighted by Crippen LogP contribution is 2.13. The van der Waals surface area contributed by atoms with E-state index in [1.807, 2.05) is 6.92 Å². The molecular formula is C10H14BrN3O2. The number of carbonyl (C=O) groups excluding carboxylic acids is 1. The van der Waals surface area contributed by atoms with Gasteiger partial charge in [-0.25, -0.2) is 4.79 Å². The molecule has 0 atom stereocenters. The van der Waals surface area contributed by atoms with Crippen LogP contribution in [0, 0.1) is 6.92 Å². The van der Waals surface area contributed by atoms with Gasteiger partial charge in [-0.05, 0) is 42.1 Å². The number of aromatic nitrogens is 2. The van der Waals surface area contributed by atoms with Crippen LogP contribution >= 0.6 is 15.9 Å². The van der Waals surface area contributed by atoms with E-state index < -0.39 is 0 Å². The summed E-state index contributed by atoms with van der Waals surface area (Å²) in [6, 6.07) is 0. The van der Waals surface area contributed by atoms with E-state index in [1.54, 1.807) is 11.1 Å². The molecule has 1 amide bonds. The molecule has 0 saturated carbocycles. The number of aryl methyl sites for hydroxylation is 1. The Balaban J connectivity index is 1.95. The van der Waals surface area contributed by atoms with Gasteiger partial charge in [0.2, 0.25) is 0 Å². The molecule has 2 rings (SSSR count). The van der Waals surface area contributed by atoms with E-state index in [-0.39, 0.29) is 6.09 Å². The quantitative estimate of drug-likeness (QED) is 0.794. The second-order valence-corrected chi connectivity index (χ2v) is 4.72. The number of amides is 1. The number of halogens is 1. The summed E-state index contributed by atoms with van der Waals surface area (Å²) in [5.74, 6) is 0. The Labute approximate surface area is 102 Å². The standard InChI is InChI=1S/C10H14BrN3O2/c1-8-9(11)7-14(12-8)16-10(15)13-5-3-2-4-6-13/h7H,2-6H2,1H3. The molecule has 1 aromatic heterocycles. The van der Waals surface area contributed by atoms with Gasteiger partial charge < -0.3 is 4.90 Å². The van der Waals surface area contributed by atoms with E-state index in [0.717, 1.165) is 36.1 Å². The van der Waals surface area contributed by atoms with Crippen LogP contribution in [-0.4, -0.2) is 34.0 Å². The van der Waals surface area contributed by atoms with Crippen molar-refractivity contribution in [2.75, 3.05) is 13.1 Å². The third-order valence-corrected chi connectivity index (χ3v) is 3.38. The van der Waals surface area contributed by atoms with Crippen molar-refractivity contribution >= 4 is 22.0 Å². The van der Waals surface area contributed by atoms with Gasteiger partial charge in [0.1, 0.15) is 0 Å². The Morgan fingerprint density at radius 3 is 2.69 bits per heavy atom. The molecule has 0 spiro atoms. The van der Waals surface area contributed by atoms with Gasteiger partial charge in [0.25, 0.3) is 0 Å². The van der Waals surface area contributed by atoms with Crippen molar-refractivity contribution in [3.05, 3.63) is 16.4 Å². The van der Waals surface area contributed by atoms with Crippen LogP contribution in [0.1, 0.15) is 25.0 Å². The van der Waals surface area contributed by atoms with Crippen molar-refractivity contribution in [1.82, 2.24) is 14.8 Å². The predicted octanol–water partition coefficient (Wildman–Crippen LogP) is 1.99. The Morgan fingerprint density at radius 2 is 2.12 bits per heavy atom. The summed E-state index contributed by atoms with van der Waals surface area (Å²) in [5, 5.41) is 4.05. The van der Waals surface area contributed by atoms with Crippen LogP contribution in [0.3, 0.4) is 0 Å². The minimum Gasteiger partial charge on any atom is -0.306 e. The summed E-state index contributed by atoms with van der Waals surface area (Å²) in [6.07, 6.45) is 4.61. The fraction of sp³-hybridized carbons (Fsp3) is 0.600. The van der Waals surface area contributed by atoms with Crippen LogP contribution in [0.2, 0.25) is 0 Å². The molecule has 0 N–H and O–H groups in total. The molecule has 1 aliphatic rings. The van der Waals surface area contributed by atoms with E-state index in [1.165, 1.54) is 11.3 Å². The highest BCUT2D eigenvalue weighted by molar-refractivity contribution is 9.10. The molecule has 6 heteroatoms. The highest BCUT2D eigenvalue weighted by Gasteiger charge is 2.19. The molecule has 0 aliphatic carbocycles. The summed E-state index contributed by atoms with van der Waals surface area (Å²) in [6.45, 7) is 3.40. The Morgan fingerprint density at radius 1 is 1.44 bits per heavy atom. The fourth-order valence-corrected chi connectivity index (χ4v) is 1.93. The molecule has 5 nitrogen and oxygen atoms in total. The maximum Gasteiger partial charge on any atom is 0.435 e. The third-order valence-electron chi connectivity index (χ3n) is 2.60. The van der Waals surface area contributed by atoms with Crippen molar-refractivity contribution in [1.29, 1.82) is 0 Å². The highest BCUT2D eigenvalue weighted by atomic mass is 79.9. The largest absolute Gasteiger partial charge is 0.435 e. The normalized spacial score (nSPS) is 16.2. The first-order valence-electron chi connectivity index (χ1n) is 5.36. The van der Waals surface area contributed by atoms with Gasteiger partial charge in [0.15, 0.2) is 0 Å². The van der Waals surface area contributed by atoms with Crippen LogP contribution in [0.25, 0.3) is 0 Å². The number of nitrogens with zero attached hydrogens (tertiary/aromatic N) is 3. The zero-order valence-electron chi connectivity index (χ0n) is 9.15. The number of carbonyl (C=O) groups is 1. The number of hydrogen-bond acceptors (Lipinski definition) is 3. The van der Waals surface area contributed by atoms with E-state index in [4.69, 9.17) is 4.84 Å². The molecule has 0 bridgehead atoms. The SMILES string of the molecule is Cc1nn(OC(=O)N2CCCCC2)cc1Br. The van der Waals surface area contributed by atoms with Gasteiger partial charge in [-0.15, -0.1) is 5.10 Å². The average molecular weight is 288 g/mol. The lowest BCUT2D eigenvalue weighted by molar-refractivity contribution is 0.0727. The van der Waals surface area contributed by atoms with Gasteiger partial charge in [-0.2, -0.15) is 0 Å². The average Bonchev–Trinajstić information content (AvgIpc) is 2.59. The minimum atomic E-state index is -0.324. The number of likely N-dealkylation sites (tertiary alicyclic amines) is 1. The van der Waals surface area contributed by atoms with Crippen molar-refractivity contribution in [3.8, 4) is 0 Å². The van der Waals surface area contributed by atoms with Crippen molar-refractivity contribution in [2.24, 2.45) is 0 Å². The lowest BCUT2D eigenvalue weighted by Gasteiger charge is -2.24. The number of piperidine rings is 1. The van der Waals surface area contributed by atoms with Crippen LogP contribution in [0.4, 0.5) is 4.79 Å². The predicted molar refractivity (Wildman–Crippen MR) is 62.1 cm³/mol. The maximum absolute atomic E-state index is 11.7. The molecular weight excluding hydrogens is 274 g/mol. The zero-order valence-corrected chi connectivity index (χ0v) is 10.7. The Kier molecular flexibility index (Phi) is 3.48. The Bertz CT molecular complexity index is 366. The van der Waals surface area contributed by atoms with E-state index >= 15 is 0 Å². The van der Waals surface area contributed by atoms with Crippen molar-refractivity contribution in [2.45, 2.75) is 26.2 Å². The van der Waals surface area contributed by atoms with Crippen molar-refractivity contribution < 1.29 is 9.63 Å². The van der Waals surface area contributed by atoms with Gasteiger partial charge in [0.05, 0.1) is 16.4 Å². The summed E-state index contributed by atoms with van der Waals surface area (Å²) in [7, 11) is 0. The molecule has 0 unspecified atom stereocenters. The minimum absolute atomic E-state index is 0.324. The lowest BCUT2D eigenvalue weighted by Crippen LogP contribution is -2.40. The summed E-state index contributed by atoms with van der Waals surface area (Å²) in [5.41, 5.74) is 0.798. The molecule has 0 aromatic carbocycles. The molecule has 1 aromatic rings. The first-order chi connectivity index (χ1) is 7.66. The Hall–Kier alpha value is -1.04. The van der Waals surface area contributed by atoms with E-state index in [9.17, 15) is 4.79 Å². The van der Waals surface area contributed by atoms with Crippen LogP contribution < -0.4 is 4.84 Å². The monoisotopic (exact) mass is 287 g/mol. The first kappa shape index (κ1) is 11.4. The smallest absolute Gasteiger partial charge is 0.306 e.